The molecule has 1 saturated heterocycles. The van der Waals surface area contributed by atoms with E-state index in [9.17, 15) is 4.79 Å². The number of fused-ring (bicyclic) bond motifs is 1. The van der Waals surface area contributed by atoms with E-state index >= 15 is 0 Å². The van der Waals surface area contributed by atoms with E-state index in [1.807, 2.05) is 0 Å². The molecule has 0 bridgehead atoms. The van der Waals surface area contributed by atoms with E-state index in [0.717, 1.165) is 25.2 Å². The summed E-state index contributed by atoms with van der Waals surface area (Å²) in [5.74, 6) is 0.269. The first kappa shape index (κ1) is 20.2. The van der Waals surface area contributed by atoms with Crippen molar-refractivity contribution in [1.29, 1.82) is 0 Å². The topological polar surface area (TPSA) is 24.8 Å². The molecule has 0 radical (unpaired) electrons. The average Bonchev–Trinajstić information content (AvgIpc) is 2.68. The smallest absolute Gasteiger partial charge is 0.282 e. The molecule has 2 aromatic carbocycles. The number of nitrogens with one attached hydrogen (secondary N) is 1. The number of piperidine rings is 1. The van der Waals surface area contributed by atoms with Gasteiger partial charge in [0.25, 0.3) is 5.91 Å². The largest absolute Gasteiger partial charge is 0.327 e. The van der Waals surface area contributed by atoms with Gasteiger partial charge in [0.1, 0.15) is 0 Å². The SMILES string of the molecule is Cc1cccc([C@]2(C)CC(C)(C)N(C(=O)C[NH+]3CCCCC3)c3ccccc32)c1. The fourth-order valence-corrected chi connectivity index (χ4v) is 5.74. The Balaban J connectivity index is 1.75. The van der Waals surface area contributed by atoms with Gasteiger partial charge in [0.05, 0.1) is 13.1 Å². The van der Waals surface area contributed by atoms with Crippen LogP contribution >= 0.6 is 0 Å². The van der Waals surface area contributed by atoms with Crippen LogP contribution in [0.1, 0.15) is 63.1 Å². The summed E-state index contributed by atoms with van der Waals surface area (Å²) in [6.45, 7) is 11.8. The summed E-state index contributed by atoms with van der Waals surface area (Å²) < 4.78 is 0. The maximum Gasteiger partial charge on any atom is 0.282 e. The van der Waals surface area contributed by atoms with Gasteiger partial charge in [-0.3, -0.25) is 4.79 Å². The maximum absolute atomic E-state index is 13.6. The maximum atomic E-state index is 13.6. The second-order valence-corrected chi connectivity index (χ2v) is 9.92. The van der Waals surface area contributed by atoms with Crippen LogP contribution in [-0.2, 0) is 10.2 Å². The minimum absolute atomic E-state index is 0.110. The highest BCUT2D eigenvalue weighted by Gasteiger charge is 2.48. The molecule has 0 aromatic heterocycles. The third kappa shape index (κ3) is 3.73. The van der Waals surface area contributed by atoms with E-state index in [0.29, 0.717) is 6.54 Å². The van der Waals surface area contributed by atoms with Crippen molar-refractivity contribution in [2.45, 2.75) is 64.3 Å². The number of para-hydroxylation sites is 1. The van der Waals surface area contributed by atoms with Crippen LogP contribution in [0.15, 0.2) is 48.5 Å². The Kier molecular flexibility index (Phi) is 5.29. The average molecular weight is 392 g/mol. The first-order chi connectivity index (χ1) is 13.8. The van der Waals surface area contributed by atoms with Gasteiger partial charge in [-0.15, -0.1) is 0 Å². The number of quaternary nitrogens is 1. The Morgan fingerprint density at radius 2 is 1.72 bits per heavy atom. The predicted octanol–water partition coefficient (Wildman–Crippen LogP) is 3.89. The molecule has 4 rings (SSSR count). The molecule has 3 nitrogen and oxygen atoms in total. The number of nitrogens with zero attached hydrogens (tertiary/aromatic N) is 1. The number of hydrogen-bond donors (Lipinski definition) is 1. The minimum Gasteiger partial charge on any atom is -0.327 e. The highest BCUT2D eigenvalue weighted by Crippen LogP contribution is 2.50. The van der Waals surface area contributed by atoms with Gasteiger partial charge >= 0.3 is 0 Å². The standard InChI is InChI=1S/C26H34N2O/c1-20-11-10-12-21(17-20)26(4)19-25(2,3)28(23-14-7-6-13-22(23)26)24(29)18-27-15-8-5-9-16-27/h6-7,10-14,17H,5,8-9,15-16,18-19H2,1-4H3/p+1/t26-/m0/s1. The van der Waals surface area contributed by atoms with E-state index < -0.39 is 0 Å². The van der Waals surface area contributed by atoms with Crippen molar-refractivity contribution < 1.29 is 9.69 Å². The molecule has 2 aliphatic rings. The molecule has 29 heavy (non-hydrogen) atoms. The van der Waals surface area contributed by atoms with E-state index in [1.54, 1.807) is 0 Å². The molecule has 0 spiro atoms. The van der Waals surface area contributed by atoms with E-state index in [-0.39, 0.29) is 16.9 Å². The van der Waals surface area contributed by atoms with Crippen molar-refractivity contribution in [3.05, 3.63) is 65.2 Å². The first-order valence-electron chi connectivity index (χ1n) is 11.1. The summed E-state index contributed by atoms with van der Waals surface area (Å²) in [7, 11) is 0. The second kappa shape index (κ2) is 7.60. The molecule has 0 saturated carbocycles. The first-order valence-corrected chi connectivity index (χ1v) is 11.1. The fourth-order valence-electron chi connectivity index (χ4n) is 5.74. The number of likely N-dealkylation sites (tertiary alicyclic amines) is 1. The molecule has 1 N–H and O–H groups in total. The van der Waals surface area contributed by atoms with Gasteiger partial charge in [0.2, 0.25) is 0 Å². The zero-order valence-corrected chi connectivity index (χ0v) is 18.4. The van der Waals surface area contributed by atoms with Crippen LogP contribution in [0, 0.1) is 6.92 Å². The number of carbonyl (C=O) groups excluding carboxylic acids is 1. The number of hydrogen-bond acceptors (Lipinski definition) is 1. The van der Waals surface area contributed by atoms with Crippen molar-refractivity contribution in [1.82, 2.24) is 0 Å². The van der Waals surface area contributed by atoms with Crippen LogP contribution in [-0.4, -0.2) is 31.1 Å². The van der Waals surface area contributed by atoms with Crippen LogP contribution in [0.3, 0.4) is 0 Å². The number of rotatable bonds is 3. The summed E-state index contributed by atoms with van der Waals surface area (Å²) in [5, 5.41) is 0. The molecule has 0 aliphatic carbocycles. The lowest BCUT2D eigenvalue weighted by molar-refractivity contribution is -0.896. The Morgan fingerprint density at radius 3 is 2.45 bits per heavy atom. The van der Waals surface area contributed by atoms with Crippen molar-refractivity contribution >= 4 is 11.6 Å². The highest BCUT2D eigenvalue weighted by atomic mass is 16.2. The normalized spacial score (nSPS) is 24.2. The number of aryl methyl sites for hydroxylation is 1. The Bertz CT molecular complexity index is 897. The number of amides is 1. The van der Waals surface area contributed by atoms with E-state index in [4.69, 9.17) is 0 Å². The zero-order valence-electron chi connectivity index (χ0n) is 18.4. The van der Waals surface area contributed by atoms with Gasteiger partial charge in [0.15, 0.2) is 6.54 Å². The third-order valence-corrected chi connectivity index (χ3v) is 7.00. The Labute approximate surface area is 175 Å². The van der Waals surface area contributed by atoms with Crippen molar-refractivity contribution in [3.63, 3.8) is 0 Å². The second-order valence-electron chi connectivity index (χ2n) is 9.92. The predicted molar refractivity (Wildman–Crippen MR) is 120 cm³/mol. The summed E-state index contributed by atoms with van der Waals surface area (Å²) in [6, 6.07) is 17.4. The summed E-state index contributed by atoms with van der Waals surface area (Å²) in [5.41, 5.74) is 4.64. The molecule has 1 fully saturated rings. The molecule has 1 atom stereocenters. The van der Waals surface area contributed by atoms with Crippen molar-refractivity contribution in [2.75, 3.05) is 24.5 Å². The van der Waals surface area contributed by atoms with Gasteiger partial charge < -0.3 is 9.80 Å². The Hall–Kier alpha value is -2.13. The lowest BCUT2D eigenvalue weighted by Gasteiger charge is -2.51. The van der Waals surface area contributed by atoms with Gasteiger partial charge in [-0.05, 0) is 63.6 Å². The van der Waals surface area contributed by atoms with E-state index in [1.165, 1.54) is 40.9 Å². The molecular weight excluding hydrogens is 356 g/mol. The molecule has 154 valence electrons. The van der Waals surface area contributed by atoms with Crippen molar-refractivity contribution in [2.24, 2.45) is 0 Å². The van der Waals surface area contributed by atoms with E-state index in [2.05, 4.69) is 81.1 Å². The number of anilines is 1. The Morgan fingerprint density at radius 1 is 1.00 bits per heavy atom. The summed E-state index contributed by atoms with van der Waals surface area (Å²) in [6.07, 6.45) is 4.72. The molecular formula is C26H35N2O+. The molecule has 1 amide bonds. The lowest BCUT2D eigenvalue weighted by atomic mass is 9.65. The fraction of sp³-hybridized carbons (Fsp3) is 0.500. The molecule has 0 unspecified atom stereocenters. The minimum atomic E-state index is -0.237. The van der Waals surface area contributed by atoms with Crippen molar-refractivity contribution in [3.8, 4) is 0 Å². The molecule has 2 aromatic rings. The van der Waals surface area contributed by atoms with Gasteiger partial charge in [-0.25, -0.2) is 0 Å². The molecule has 2 heterocycles. The molecule has 2 aliphatic heterocycles. The quantitative estimate of drug-likeness (QED) is 0.844. The van der Waals surface area contributed by atoms with Crippen LogP contribution in [0.2, 0.25) is 0 Å². The van der Waals surface area contributed by atoms with Crippen LogP contribution in [0.25, 0.3) is 0 Å². The zero-order chi connectivity index (χ0) is 20.6. The van der Waals surface area contributed by atoms with Gasteiger partial charge in [-0.1, -0.05) is 55.0 Å². The summed E-state index contributed by atoms with van der Waals surface area (Å²) in [4.78, 5) is 17.1. The number of carbonyl (C=O) groups is 1. The van der Waals surface area contributed by atoms with Gasteiger partial charge in [-0.2, -0.15) is 0 Å². The molecule has 3 heteroatoms. The van der Waals surface area contributed by atoms with Crippen LogP contribution in [0.5, 0.6) is 0 Å². The third-order valence-electron chi connectivity index (χ3n) is 7.00. The lowest BCUT2D eigenvalue weighted by Crippen LogP contribution is -3.14. The summed E-state index contributed by atoms with van der Waals surface area (Å²) >= 11 is 0. The van der Waals surface area contributed by atoms with Gasteiger partial charge in [0, 0.05) is 16.6 Å². The highest BCUT2D eigenvalue weighted by molar-refractivity contribution is 5.97. The van der Waals surface area contributed by atoms with Crippen LogP contribution < -0.4 is 9.80 Å². The number of benzene rings is 2. The monoisotopic (exact) mass is 391 g/mol. The van der Waals surface area contributed by atoms with Crippen LogP contribution in [0.4, 0.5) is 5.69 Å².